The first-order valence-electron chi connectivity index (χ1n) is 12.3. The van der Waals surface area contributed by atoms with Crippen LogP contribution in [-0.4, -0.2) is 71.8 Å². The molecule has 0 saturated carbocycles. The highest BCUT2D eigenvalue weighted by Crippen LogP contribution is 2.28. The quantitative estimate of drug-likeness (QED) is 0.526. The highest BCUT2D eigenvalue weighted by atomic mass is 16.6. The van der Waals surface area contributed by atoms with E-state index in [0.29, 0.717) is 23.5 Å². The molecule has 2 aromatic carbocycles. The lowest BCUT2D eigenvalue weighted by molar-refractivity contribution is -0.150. The fourth-order valence-electron chi connectivity index (χ4n) is 4.24. The standard InChI is InChI=1S/C27H32N4O7/c1-27(2,3)38-26(36)28-14-16-5-8-18(9-6-16)29-23(33)21(32)22-25(35)31(11-12-37-22)19-10-7-17-15-30(4)24(34)20(17)13-19/h5-10,13,21-22,32H,11-12,14-15H2,1-4H3,(H,28,36)(H,29,33)/t21-,22-/m1/s1. The lowest BCUT2D eigenvalue weighted by Gasteiger charge is -2.34. The first-order valence-corrected chi connectivity index (χ1v) is 12.3. The number of hydrogen-bond donors (Lipinski definition) is 3. The van der Waals surface area contributed by atoms with Crippen LogP contribution in [0.2, 0.25) is 0 Å². The summed E-state index contributed by atoms with van der Waals surface area (Å²) in [4.78, 5) is 53.1. The monoisotopic (exact) mass is 524 g/mol. The van der Waals surface area contributed by atoms with Crippen LogP contribution < -0.4 is 15.5 Å². The van der Waals surface area contributed by atoms with Crippen LogP contribution in [-0.2, 0) is 32.2 Å². The van der Waals surface area contributed by atoms with E-state index < -0.39 is 35.7 Å². The normalized spacial score (nSPS) is 18.2. The first kappa shape index (κ1) is 27.1. The minimum atomic E-state index is -1.75. The minimum absolute atomic E-state index is 0.116. The highest BCUT2D eigenvalue weighted by molar-refractivity contribution is 6.05. The van der Waals surface area contributed by atoms with Crippen molar-refractivity contribution in [1.29, 1.82) is 0 Å². The molecule has 0 unspecified atom stereocenters. The summed E-state index contributed by atoms with van der Waals surface area (Å²) in [6.45, 7) is 6.41. The van der Waals surface area contributed by atoms with E-state index in [-0.39, 0.29) is 25.6 Å². The fourth-order valence-corrected chi connectivity index (χ4v) is 4.24. The van der Waals surface area contributed by atoms with Crippen LogP contribution in [0.3, 0.4) is 0 Å². The van der Waals surface area contributed by atoms with Crippen LogP contribution in [0.15, 0.2) is 42.5 Å². The van der Waals surface area contributed by atoms with Gasteiger partial charge in [-0.2, -0.15) is 0 Å². The Balaban J connectivity index is 1.35. The number of carbonyl (C=O) groups excluding carboxylic acids is 4. The average Bonchev–Trinajstić information content (AvgIpc) is 3.15. The van der Waals surface area contributed by atoms with E-state index in [2.05, 4.69) is 10.6 Å². The molecule has 2 atom stereocenters. The molecule has 2 aliphatic rings. The molecule has 202 valence electrons. The van der Waals surface area contributed by atoms with Gasteiger partial charge in [0.1, 0.15) is 5.60 Å². The van der Waals surface area contributed by atoms with E-state index in [4.69, 9.17) is 9.47 Å². The van der Waals surface area contributed by atoms with Crippen molar-refractivity contribution in [2.24, 2.45) is 0 Å². The van der Waals surface area contributed by atoms with Crippen molar-refractivity contribution in [2.45, 2.75) is 51.7 Å². The molecule has 0 bridgehead atoms. The number of nitrogens with zero attached hydrogens (tertiary/aromatic N) is 2. The number of nitrogens with one attached hydrogen (secondary N) is 2. The van der Waals surface area contributed by atoms with Crippen molar-refractivity contribution in [3.8, 4) is 0 Å². The first-order chi connectivity index (χ1) is 17.9. The van der Waals surface area contributed by atoms with E-state index in [1.54, 1.807) is 75.2 Å². The molecule has 0 radical (unpaired) electrons. The van der Waals surface area contributed by atoms with Gasteiger partial charge in [0.2, 0.25) is 0 Å². The highest BCUT2D eigenvalue weighted by Gasteiger charge is 2.40. The number of aliphatic hydroxyl groups excluding tert-OH is 1. The fraction of sp³-hybridized carbons (Fsp3) is 0.407. The van der Waals surface area contributed by atoms with Crippen molar-refractivity contribution in [1.82, 2.24) is 10.2 Å². The Morgan fingerprint density at radius 1 is 1.16 bits per heavy atom. The van der Waals surface area contributed by atoms with Crippen LogP contribution in [0.4, 0.5) is 16.2 Å². The van der Waals surface area contributed by atoms with Gasteiger partial charge in [-0.1, -0.05) is 18.2 Å². The molecule has 2 aromatic rings. The smallest absolute Gasteiger partial charge is 0.407 e. The number of carbonyl (C=O) groups is 4. The van der Waals surface area contributed by atoms with Gasteiger partial charge in [-0.05, 0) is 56.2 Å². The summed E-state index contributed by atoms with van der Waals surface area (Å²) in [5.41, 5.74) is 2.49. The van der Waals surface area contributed by atoms with Gasteiger partial charge in [0.25, 0.3) is 17.7 Å². The number of anilines is 2. The third kappa shape index (κ3) is 6.12. The van der Waals surface area contributed by atoms with Crippen molar-refractivity contribution in [3.63, 3.8) is 0 Å². The van der Waals surface area contributed by atoms with Crippen molar-refractivity contribution < 1.29 is 33.8 Å². The van der Waals surface area contributed by atoms with Crippen molar-refractivity contribution >= 4 is 35.2 Å². The van der Waals surface area contributed by atoms with Crippen LogP contribution in [0.1, 0.15) is 42.3 Å². The Morgan fingerprint density at radius 2 is 1.87 bits per heavy atom. The maximum absolute atomic E-state index is 13.1. The molecule has 38 heavy (non-hydrogen) atoms. The molecule has 11 nitrogen and oxygen atoms in total. The SMILES string of the molecule is CN1Cc2ccc(N3CCO[C@H]([C@@H](O)C(=O)Nc4ccc(CNC(=O)OC(C)(C)C)cc4)C3=O)cc2C1=O. The second-order valence-corrected chi connectivity index (χ2v) is 10.3. The molecule has 0 spiro atoms. The lowest BCUT2D eigenvalue weighted by atomic mass is 10.1. The number of benzene rings is 2. The van der Waals surface area contributed by atoms with E-state index in [9.17, 15) is 24.3 Å². The Morgan fingerprint density at radius 3 is 2.55 bits per heavy atom. The summed E-state index contributed by atoms with van der Waals surface area (Å²) in [5, 5.41) is 15.9. The Hall–Kier alpha value is -3.96. The number of amides is 4. The van der Waals surface area contributed by atoms with E-state index in [1.165, 1.54) is 4.90 Å². The summed E-state index contributed by atoms with van der Waals surface area (Å²) in [6.07, 6.45) is -3.68. The molecule has 0 aromatic heterocycles. The number of morpholine rings is 1. The van der Waals surface area contributed by atoms with Gasteiger partial charge in [-0.25, -0.2) is 4.79 Å². The summed E-state index contributed by atoms with van der Waals surface area (Å²) in [6, 6.07) is 11.9. The maximum Gasteiger partial charge on any atom is 0.407 e. The van der Waals surface area contributed by atoms with Gasteiger partial charge in [-0.3, -0.25) is 14.4 Å². The number of aliphatic hydroxyl groups is 1. The average molecular weight is 525 g/mol. The van der Waals surface area contributed by atoms with Crippen LogP contribution in [0.25, 0.3) is 0 Å². The summed E-state index contributed by atoms with van der Waals surface area (Å²) in [7, 11) is 1.71. The van der Waals surface area contributed by atoms with Gasteiger partial charge >= 0.3 is 6.09 Å². The van der Waals surface area contributed by atoms with Gasteiger partial charge in [0.05, 0.1) is 6.61 Å². The van der Waals surface area contributed by atoms with Crippen LogP contribution in [0, 0.1) is 0 Å². The Labute approximate surface area is 220 Å². The van der Waals surface area contributed by atoms with Gasteiger partial charge < -0.3 is 35.0 Å². The Kier molecular flexibility index (Phi) is 7.70. The van der Waals surface area contributed by atoms with Gasteiger partial charge in [0.15, 0.2) is 12.2 Å². The summed E-state index contributed by atoms with van der Waals surface area (Å²) >= 11 is 0. The van der Waals surface area contributed by atoms with Gasteiger partial charge in [-0.15, -0.1) is 0 Å². The number of rotatable bonds is 6. The summed E-state index contributed by atoms with van der Waals surface area (Å²) < 4.78 is 10.7. The predicted molar refractivity (Wildman–Crippen MR) is 138 cm³/mol. The minimum Gasteiger partial charge on any atom is -0.444 e. The third-order valence-electron chi connectivity index (χ3n) is 6.12. The van der Waals surface area contributed by atoms with E-state index in [1.807, 2.05) is 0 Å². The molecular weight excluding hydrogens is 492 g/mol. The molecule has 1 fully saturated rings. The van der Waals surface area contributed by atoms with Crippen molar-refractivity contribution in [2.75, 3.05) is 30.4 Å². The van der Waals surface area contributed by atoms with Crippen LogP contribution in [0.5, 0.6) is 0 Å². The zero-order valence-corrected chi connectivity index (χ0v) is 21.8. The molecular formula is C27H32N4O7. The molecule has 0 aliphatic carbocycles. The lowest BCUT2D eigenvalue weighted by Crippen LogP contribution is -2.55. The molecule has 3 N–H and O–H groups in total. The van der Waals surface area contributed by atoms with Crippen molar-refractivity contribution in [3.05, 3.63) is 59.2 Å². The van der Waals surface area contributed by atoms with E-state index in [0.717, 1.165) is 11.1 Å². The second-order valence-electron chi connectivity index (χ2n) is 10.3. The molecule has 2 aliphatic heterocycles. The zero-order chi connectivity index (χ0) is 27.6. The van der Waals surface area contributed by atoms with E-state index >= 15 is 0 Å². The summed E-state index contributed by atoms with van der Waals surface area (Å²) in [5.74, 6) is -1.48. The maximum atomic E-state index is 13.1. The topological polar surface area (TPSA) is 138 Å². The number of fused-ring (bicyclic) bond motifs is 1. The number of alkyl carbamates (subject to hydrolysis) is 1. The second kappa shape index (κ2) is 10.8. The number of ether oxygens (including phenoxy) is 2. The Bertz CT molecular complexity index is 1240. The van der Waals surface area contributed by atoms with Gasteiger partial charge in [0, 0.05) is 43.6 Å². The predicted octanol–water partition coefficient (Wildman–Crippen LogP) is 2.03. The molecule has 11 heteroatoms. The number of hydrogen-bond acceptors (Lipinski definition) is 7. The molecule has 4 rings (SSSR count). The zero-order valence-electron chi connectivity index (χ0n) is 21.8. The molecule has 4 amide bonds. The molecule has 2 heterocycles. The van der Waals surface area contributed by atoms with Crippen LogP contribution >= 0.6 is 0 Å². The largest absolute Gasteiger partial charge is 0.444 e. The molecule has 1 saturated heterocycles. The third-order valence-corrected chi connectivity index (χ3v) is 6.12.